The van der Waals surface area contributed by atoms with Gasteiger partial charge in [-0.2, -0.15) is 0 Å². The third-order valence-electron chi connectivity index (χ3n) is 5.75. The van der Waals surface area contributed by atoms with Gasteiger partial charge in [-0.25, -0.2) is 23.1 Å². The summed E-state index contributed by atoms with van der Waals surface area (Å²) < 4.78 is 41.3. The molecular formula is C23H21ClF3N5O2S. The van der Waals surface area contributed by atoms with E-state index in [1.54, 1.807) is 36.0 Å². The molecule has 2 atom stereocenters. The van der Waals surface area contributed by atoms with Gasteiger partial charge in [-0.1, -0.05) is 23.7 Å². The molecule has 35 heavy (non-hydrogen) atoms. The van der Waals surface area contributed by atoms with Gasteiger partial charge in [0.2, 0.25) is 11.8 Å². The standard InChI is InChI=1S/C23H21ClF3N5O2S/c24-20(25)22(34)32(17-3-1-14(2-4-17)18-11-30-13-35-18)19(15-9-28-12-29-10-15)21(33)31-16-5-7-23(26,27)8-6-16/h1-4,9-13,16,19-20H,5-8H2,(H,31,33). The van der Waals surface area contributed by atoms with Crippen molar-refractivity contribution in [2.24, 2.45) is 0 Å². The molecule has 2 amide bonds. The fourth-order valence-electron chi connectivity index (χ4n) is 3.99. The van der Waals surface area contributed by atoms with Crippen LogP contribution < -0.4 is 10.2 Å². The van der Waals surface area contributed by atoms with E-state index in [1.165, 1.54) is 30.1 Å². The molecule has 7 nitrogen and oxygen atoms in total. The van der Waals surface area contributed by atoms with E-state index in [2.05, 4.69) is 20.3 Å². The van der Waals surface area contributed by atoms with Crippen LogP contribution >= 0.6 is 22.9 Å². The van der Waals surface area contributed by atoms with Crippen LogP contribution in [-0.4, -0.2) is 44.4 Å². The van der Waals surface area contributed by atoms with E-state index in [0.29, 0.717) is 0 Å². The average molecular weight is 524 g/mol. The van der Waals surface area contributed by atoms with E-state index in [9.17, 15) is 22.8 Å². The summed E-state index contributed by atoms with van der Waals surface area (Å²) in [5.41, 5.74) is 0.494. The van der Waals surface area contributed by atoms with Gasteiger partial charge in [0.05, 0.1) is 10.4 Å². The van der Waals surface area contributed by atoms with Gasteiger partial charge >= 0.3 is 0 Å². The second-order valence-electron chi connectivity index (χ2n) is 8.13. The molecule has 1 saturated carbocycles. The molecule has 1 aliphatic carbocycles. The Kier molecular flexibility index (Phi) is 7.66. The maximum atomic E-state index is 14.1. The molecule has 4 rings (SSSR count). The summed E-state index contributed by atoms with van der Waals surface area (Å²) >= 11 is 6.96. The van der Waals surface area contributed by atoms with Gasteiger partial charge < -0.3 is 5.32 Å². The molecule has 1 aromatic carbocycles. The summed E-state index contributed by atoms with van der Waals surface area (Å²) in [5.74, 6) is -4.60. The number of nitrogens with one attached hydrogen (secondary N) is 1. The zero-order valence-corrected chi connectivity index (χ0v) is 19.9. The highest BCUT2D eigenvalue weighted by Crippen LogP contribution is 2.35. The number of thiazole rings is 1. The largest absolute Gasteiger partial charge is 0.351 e. The zero-order chi connectivity index (χ0) is 25.0. The first-order chi connectivity index (χ1) is 16.7. The molecule has 0 spiro atoms. The number of carbonyl (C=O) groups is 2. The fourth-order valence-corrected chi connectivity index (χ4v) is 4.72. The smallest absolute Gasteiger partial charge is 0.278 e. The normalized spacial score (nSPS) is 17.4. The van der Waals surface area contributed by atoms with Crippen molar-refractivity contribution in [2.45, 2.75) is 49.3 Å². The van der Waals surface area contributed by atoms with E-state index in [-0.39, 0.29) is 36.9 Å². The van der Waals surface area contributed by atoms with Gasteiger partial charge in [-0.3, -0.25) is 19.5 Å². The van der Waals surface area contributed by atoms with Crippen molar-refractivity contribution in [1.82, 2.24) is 20.3 Å². The molecule has 1 aliphatic rings. The summed E-state index contributed by atoms with van der Waals surface area (Å²) in [4.78, 5) is 40.1. The third kappa shape index (κ3) is 5.96. The third-order valence-corrected chi connectivity index (χ3v) is 6.76. The number of amides is 2. The van der Waals surface area contributed by atoms with Gasteiger partial charge in [0.1, 0.15) is 12.4 Å². The second kappa shape index (κ2) is 10.7. The Bertz CT molecular complexity index is 1140. The Labute approximate surface area is 208 Å². The van der Waals surface area contributed by atoms with E-state index in [0.717, 1.165) is 15.3 Å². The number of alkyl halides is 4. The van der Waals surface area contributed by atoms with Crippen molar-refractivity contribution in [3.63, 3.8) is 0 Å². The van der Waals surface area contributed by atoms with Crippen LogP contribution in [0.2, 0.25) is 0 Å². The van der Waals surface area contributed by atoms with Crippen molar-refractivity contribution in [3.8, 4) is 10.4 Å². The molecule has 0 saturated heterocycles. The first-order valence-corrected chi connectivity index (χ1v) is 12.1. The highest BCUT2D eigenvalue weighted by Gasteiger charge is 2.39. The average Bonchev–Trinajstić information content (AvgIpc) is 3.39. The zero-order valence-electron chi connectivity index (χ0n) is 18.3. The summed E-state index contributed by atoms with van der Waals surface area (Å²) in [6.07, 6.45) is 5.05. The van der Waals surface area contributed by atoms with Gasteiger partial charge in [0.25, 0.3) is 11.5 Å². The maximum Gasteiger partial charge on any atom is 0.278 e. The molecular weight excluding hydrogens is 503 g/mol. The van der Waals surface area contributed by atoms with Crippen LogP contribution in [0.25, 0.3) is 10.4 Å². The second-order valence-corrected chi connectivity index (χ2v) is 9.40. The predicted octanol–water partition coefficient (Wildman–Crippen LogP) is 4.90. The number of anilines is 1. The lowest BCUT2D eigenvalue weighted by Gasteiger charge is -2.34. The van der Waals surface area contributed by atoms with Gasteiger partial charge in [-0.15, -0.1) is 11.3 Å². The van der Waals surface area contributed by atoms with E-state index < -0.39 is 35.5 Å². The Morgan fingerprint density at radius 1 is 1.09 bits per heavy atom. The number of benzene rings is 1. The van der Waals surface area contributed by atoms with Crippen molar-refractivity contribution < 1.29 is 22.8 Å². The van der Waals surface area contributed by atoms with Crippen molar-refractivity contribution in [1.29, 1.82) is 0 Å². The minimum Gasteiger partial charge on any atom is -0.351 e. The Morgan fingerprint density at radius 2 is 1.74 bits per heavy atom. The lowest BCUT2D eigenvalue weighted by molar-refractivity contribution is -0.128. The highest BCUT2D eigenvalue weighted by atomic mass is 35.5. The van der Waals surface area contributed by atoms with Crippen LogP contribution in [0.1, 0.15) is 37.3 Å². The Morgan fingerprint density at radius 3 is 2.31 bits per heavy atom. The van der Waals surface area contributed by atoms with E-state index in [4.69, 9.17) is 11.6 Å². The molecule has 1 fully saturated rings. The molecule has 184 valence electrons. The van der Waals surface area contributed by atoms with Crippen LogP contribution in [0.15, 0.2) is 54.7 Å². The quantitative estimate of drug-likeness (QED) is 0.445. The Balaban J connectivity index is 1.68. The predicted molar refractivity (Wildman–Crippen MR) is 126 cm³/mol. The Hall–Kier alpha value is -3.05. The minimum absolute atomic E-state index is 0.0789. The molecule has 0 bridgehead atoms. The molecule has 0 aliphatic heterocycles. The summed E-state index contributed by atoms with van der Waals surface area (Å²) in [5, 5.41) is 2.74. The number of hydrogen-bond acceptors (Lipinski definition) is 6. The summed E-state index contributed by atoms with van der Waals surface area (Å²) in [7, 11) is 0. The molecule has 2 aromatic heterocycles. The van der Waals surface area contributed by atoms with Gasteiger partial charge in [0, 0.05) is 48.7 Å². The topological polar surface area (TPSA) is 88.1 Å². The first kappa shape index (κ1) is 25.1. The first-order valence-electron chi connectivity index (χ1n) is 10.8. The maximum absolute atomic E-state index is 14.1. The van der Waals surface area contributed by atoms with Crippen LogP contribution in [0, 0.1) is 0 Å². The van der Waals surface area contributed by atoms with Crippen molar-refractivity contribution >= 4 is 40.4 Å². The van der Waals surface area contributed by atoms with Gasteiger partial charge in [-0.05, 0) is 30.5 Å². The molecule has 1 N–H and O–H groups in total. The highest BCUT2D eigenvalue weighted by molar-refractivity contribution is 7.13. The van der Waals surface area contributed by atoms with Crippen LogP contribution in [0.3, 0.4) is 0 Å². The minimum atomic E-state index is -2.77. The number of halogens is 4. The lowest BCUT2D eigenvalue weighted by atomic mass is 9.92. The molecule has 2 unspecified atom stereocenters. The van der Waals surface area contributed by atoms with Crippen molar-refractivity contribution in [3.05, 3.63) is 60.3 Å². The van der Waals surface area contributed by atoms with Crippen molar-refractivity contribution in [2.75, 3.05) is 4.90 Å². The number of carbonyl (C=O) groups excluding carboxylic acids is 2. The number of hydrogen-bond donors (Lipinski definition) is 1. The number of rotatable bonds is 7. The molecule has 12 heteroatoms. The SMILES string of the molecule is O=C(NC1CCC(F)(F)CC1)C(c1cncnc1)N(C(=O)C(F)Cl)c1ccc(-c2cncs2)cc1. The summed E-state index contributed by atoms with van der Waals surface area (Å²) in [6, 6.07) is 4.66. The van der Waals surface area contributed by atoms with E-state index in [1.807, 2.05) is 0 Å². The van der Waals surface area contributed by atoms with E-state index >= 15 is 0 Å². The monoisotopic (exact) mass is 523 g/mol. The van der Waals surface area contributed by atoms with Crippen LogP contribution in [-0.2, 0) is 9.59 Å². The molecule has 0 radical (unpaired) electrons. The van der Waals surface area contributed by atoms with Crippen LogP contribution in [0.5, 0.6) is 0 Å². The lowest BCUT2D eigenvalue weighted by Crippen LogP contribution is -2.49. The number of aromatic nitrogens is 3. The fraction of sp³-hybridized carbons (Fsp3) is 0.348. The molecule has 2 heterocycles. The van der Waals surface area contributed by atoms with Crippen LogP contribution in [0.4, 0.5) is 18.9 Å². The number of nitrogens with zero attached hydrogens (tertiary/aromatic N) is 4. The molecule has 3 aromatic rings. The summed E-state index contributed by atoms with van der Waals surface area (Å²) in [6.45, 7) is 0. The van der Waals surface area contributed by atoms with Gasteiger partial charge in [0.15, 0.2) is 0 Å².